The second kappa shape index (κ2) is 9.37. The lowest BCUT2D eigenvalue weighted by Crippen LogP contribution is -2.44. The monoisotopic (exact) mass is 293 g/mol. The zero-order valence-corrected chi connectivity index (χ0v) is 13.2. The molecule has 3 N–H and O–H groups in total. The standard InChI is InChI=1S/C16H27N3O2/c1-13(8-7-11-20)17-16(21)18-15(12-19(2)3)14-9-5-4-6-10-14/h4-6,9-10,13,15,20H,7-8,11-12H2,1-3H3,(H2,17,18,21). The Balaban J connectivity index is 2.58. The molecule has 5 heteroatoms. The minimum atomic E-state index is -0.170. The molecular weight excluding hydrogens is 266 g/mol. The summed E-state index contributed by atoms with van der Waals surface area (Å²) in [5, 5.41) is 14.7. The Morgan fingerprint density at radius 3 is 2.48 bits per heavy atom. The van der Waals surface area contributed by atoms with Gasteiger partial charge < -0.3 is 20.6 Å². The molecule has 1 rings (SSSR count). The Labute approximate surface area is 127 Å². The van der Waals surface area contributed by atoms with Gasteiger partial charge in [-0.05, 0) is 39.4 Å². The van der Waals surface area contributed by atoms with E-state index >= 15 is 0 Å². The van der Waals surface area contributed by atoms with Crippen molar-refractivity contribution in [3.8, 4) is 0 Å². The van der Waals surface area contributed by atoms with Crippen LogP contribution < -0.4 is 10.6 Å². The Kier molecular flexibility index (Phi) is 7.79. The number of nitrogens with one attached hydrogen (secondary N) is 2. The van der Waals surface area contributed by atoms with Crippen LogP contribution in [0.2, 0.25) is 0 Å². The van der Waals surface area contributed by atoms with E-state index in [1.165, 1.54) is 0 Å². The number of benzene rings is 1. The van der Waals surface area contributed by atoms with E-state index in [0.29, 0.717) is 6.42 Å². The van der Waals surface area contributed by atoms with Crippen molar-refractivity contribution < 1.29 is 9.90 Å². The van der Waals surface area contributed by atoms with Crippen molar-refractivity contribution in [3.05, 3.63) is 35.9 Å². The first-order valence-corrected chi connectivity index (χ1v) is 7.40. The van der Waals surface area contributed by atoms with Crippen LogP contribution in [0.1, 0.15) is 31.4 Å². The number of nitrogens with zero attached hydrogens (tertiary/aromatic N) is 1. The largest absolute Gasteiger partial charge is 0.396 e. The first-order valence-electron chi connectivity index (χ1n) is 7.40. The van der Waals surface area contributed by atoms with Gasteiger partial charge in [-0.25, -0.2) is 4.79 Å². The fraction of sp³-hybridized carbons (Fsp3) is 0.562. The van der Waals surface area contributed by atoms with Crippen molar-refractivity contribution in [1.29, 1.82) is 0 Å². The zero-order valence-electron chi connectivity index (χ0n) is 13.2. The van der Waals surface area contributed by atoms with Gasteiger partial charge in [-0.3, -0.25) is 0 Å². The molecule has 0 aliphatic rings. The molecular formula is C16H27N3O2. The third-order valence-corrected chi connectivity index (χ3v) is 3.23. The maximum Gasteiger partial charge on any atom is 0.315 e. The molecule has 2 amide bonds. The highest BCUT2D eigenvalue weighted by molar-refractivity contribution is 5.74. The molecule has 0 aliphatic heterocycles. The number of aliphatic hydroxyl groups is 1. The summed E-state index contributed by atoms with van der Waals surface area (Å²) in [4.78, 5) is 14.1. The van der Waals surface area contributed by atoms with Crippen molar-refractivity contribution in [2.45, 2.75) is 31.8 Å². The van der Waals surface area contributed by atoms with Crippen LogP contribution in [0.25, 0.3) is 0 Å². The van der Waals surface area contributed by atoms with E-state index in [4.69, 9.17) is 5.11 Å². The third-order valence-electron chi connectivity index (χ3n) is 3.23. The van der Waals surface area contributed by atoms with E-state index in [0.717, 1.165) is 18.5 Å². The topological polar surface area (TPSA) is 64.6 Å². The molecule has 2 atom stereocenters. The Morgan fingerprint density at radius 1 is 1.24 bits per heavy atom. The lowest BCUT2D eigenvalue weighted by atomic mass is 10.1. The van der Waals surface area contributed by atoms with Crippen molar-refractivity contribution in [3.63, 3.8) is 0 Å². The van der Waals surface area contributed by atoms with Gasteiger partial charge in [0.15, 0.2) is 0 Å². The molecule has 21 heavy (non-hydrogen) atoms. The fourth-order valence-electron chi connectivity index (χ4n) is 2.18. The number of hydrogen-bond acceptors (Lipinski definition) is 3. The van der Waals surface area contributed by atoms with Gasteiger partial charge in [-0.15, -0.1) is 0 Å². The Bertz CT molecular complexity index is 409. The highest BCUT2D eigenvalue weighted by Crippen LogP contribution is 2.13. The predicted molar refractivity (Wildman–Crippen MR) is 85.2 cm³/mol. The van der Waals surface area contributed by atoms with Gasteiger partial charge in [0.2, 0.25) is 0 Å². The van der Waals surface area contributed by atoms with Gasteiger partial charge in [0.05, 0.1) is 6.04 Å². The maximum absolute atomic E-state index is 12.1. The molecule has 0 radical (unpaired) electrons. The number of likely N-dealkylation sites (N-methyl/N-ethyl adjacent to an activating group) is 1. The minimum Gasteiger partial charge on any atom is -0.396 e. The summed E-state index contributed by atoms with van der Waals surface area (Å²) in [6, 6.07) is 9.78. The van der Waals surface area contributed by atoms with Crippen LogP contribution in [0.4, 0.5) is 4.79 Å². The molecule has 0 heterocycles. The number of urea groups is 1. The van der Waals surface area contributed by atoms with E-state index in [2.05, 4.69) is 10.6 Å². The van der Waals surface area contributed by atoms with Crippen molar-refractivity contribution in [2.24, 2.45) is 0 Å². The fourth-order valence-corrected chi connectivity index (χ4v) is 2.18. The van der Waals surface area contributed by atoms with Gasteiger partial charge in [0.25, 0.3) is 0 Å². The molecule has 0 aromatic heterocycles. The first kappa shape index (κ1) is 17.5. The van der Waals surface area contributed by atoms with Gasteiger partial charge in [0, 0.05) is 19.2 Å². The highest BCUT2D eigenvalue weighted by atomic mass is 16.3. The molecule has 0 fully saturated rings. The zero-order chi connectivity index (χ0) is 15.7. The van der Waals surface area contributed by atoms with Crippen LogP contribution in [0.15, 0.2) is 30.3 Å². The number of carbonyl (C=O) groups excluding carboxylic acids is 1. The normalized spacial score (nSPS) is 13.8. The van der Waals surface area contributed by atoms with Crippen LogP contribution >= 0.6 is 0 Å². The average Bonchev–Trinajstić information content (AvgIpc) is 2.44. The summed E-state index contributed by atoms with van der Waals surface area (Å²) >= 11 is 0. The van der Waals surface area contributed by atoms with Crippen LogP contribution in [-0.2, 0) is 0 Å². The Morgan fingerprint density at radius 2 is 1.90 bits per heavy atom. The lowest BCUT2D eigenvalue weighted by molar-refractivity contribution is 0.227. The molecule has 0 spiro atoms. The first-order chi connectivity index (χ1) is 10.0. The summed E-state index contributed by atoms with van der Waals surface area (Å²) in [5.74, 6) is 0. The number of carbonyl (C=O) groups is 1. The summed E-state index contributed by atoms with van der Waals surface area (Å²) in [5.41, 5.74) is 1.09. The lowest BCUT2D eigenvalue weighted by Gasteiger charge is -2.24. The molecule has 1 aromatic carbocycles. The molecule has 0 saturated heterocycles. The molecule has 0 aliphatic carbocycles. The van der Waals surface area contributed by atoms with Crippen molar-refractivity contribution >= 4 is 6.03 Å². The molecule has 118 valence electrons. The quantitative estimate of drug-likeness (QED) is 0.684. The van der Waals surface area contributed by atoms with Crippen molar-refractivity contribution in [2.75, 3.05) is 27.2 Å². The van der Waals surface area contributed by atoms with Crippen LogP contribution in [-0.4, -0.2) is 49.3 Å². The van der Waals surface area contributed by atoms with Crippen LogP contribution in [0, 0.1) is 0 Å². The highest BCUT2D eigenvalue weighted by Gasteiger charge is 2.16. The molecule has 0 saturated carbocycles. The van der Waals surface area contributed by atoms with E-state index in [1.807, 2.05) is 56.3 Å². The number of amides is 2. The van der Waals surface area contributed by atoms with E-state index in [9.17, 15) is 4.79 Å². The predicted octanol–water partition coefficient (Wildman–Crippen LogP) is 1.75. The maximum atomic E-state index is 12.1. The molecule has 1 aromatic rings. The molecule has 0 bridgehead atoms. The number of rotatable bonds is 8. The van der Waals surface area contributed by atoms with E-state index in [-0.39, 0.29) is 24.7 Å². The van der Waals surface area contributed by atoms with Gasteiger partial charge >= 0.3 is 6.03 Å². The Hall–Kier alpha value is -1.59. The second-order valence-electron chi connectivity index (χ2n) is 5.61. The van der Waals surface area contributed by atoms with E-state index < -0.39 is 0 Å². The smallest absolute Gasteiger partial charge is 0.315 e. The number of hydrogen-bond donors (Lipinski definition) is 3. The van der Waals surface area contributed by atoms with Crippen LogP contribution in [0.5, 0.6) is 0 Å². The SMILES string of the molecule is CC(CCCO)NC(=O)NC(CN(C)C)c1ccccc1. The van der Waals surface area contributed by atoms with E-state index in [1.54, 1.807) is 0 Å². The summed E-state index contributed by atoms with van der Waals surface area (Å²) in [6.45, 7) is 2.84. The van der Waals surface area contributed by atoms with Gasteiger partial charge in [-0.2, -0.15) is 0 Å². The third kappa shape index (κ3) is 7.11. The van der Waals surface area contributed by atoms with Gasteiger partial charge in [-0.1, -0.05) is 30.3 Å². The minimum absolute atomic E-state index is 0.0490. The molecule has 5 nitrogen and oxygen atoms in total. The summed E-state index contributed by atoms with van der Waals surface area (Å²) in [7, 11) is 3.97. The van der Waals surface area contributed by atoms with Gasteiger partial charge in [0.1, 0.15) is 0 Å². The summed E-state index contributed by atoms with van der Waals surface area (Å²) in [6.07, 6.45) is 1.47. The van der Waals surface area contributed by atoms with Crippen LogP contribution in [0.3, 0.4) is 0 Å². The second-order valence-corrected chi connectivity index (χ2v) is 5.61. The van der Waals surface area contributed by atoms with Crippen molar-refractivity contribution in [1.82, 2.24) is 15.5 Å². The number of aliphatic hydroxyl groups excluding tert-OH is 1. The average molecular weight is 293 g/mol. The molecule has 2 unspecified atom stereocenters. The summed E-state index contributed by atoms with van der Waals surface area (Å²) < 4.78 is 0.